The highest BCUT2D eigenvalue weighted by molar-refractivity contribution is 5.81. The Balaban J connectivity index is 1.83. The first-order valence-electron chi connectivity index (χ1n) is 7.02. The molecule has 2 fully saturated rings. The van der Waals surface area contributed by atoms with E-state index in [4.69, 9.17) is 0 Å². The Hall–Kier alpha value is -0.530. The van der Waals surface area contributed by atoms with Crippen LogP contribution in [0.5, 0.6) is 0 Å². The largest absolute Gasteiger partial charge is 0.353 e. The van der Waals surface area contributed by atoms with Gasteiger partial charge in [0.15, 0.2) is 0 Å². The summed E-state index contributed by atoms with van der Waals surface area (Å²) in [7, 11) is 0. The standard InChI is InChI=1S/C14H25NO/c1-3-6-11-7-4-5-8-13(11)15-14(16)12-9-10(12)2/h10-13H,3-9H2,1-2H3,(H,15,16). The fraction of sp³-hybridized carbons (Fsp3) is 0.929. The highest BCUT2D eigenvalue weighted by Crippen LogP contribution is 2.38. The predicted molar refractivity (Wildman–Crippen MR) is 66.1 cm³/mol. The lowest BCUT2D eigenvalue weighted by molar-refractivity contribution is -0.123. The highest BCUT2D eigenvalue weighted by atomic mass is 16.2. The minimum atomic E-state index is 0.334. The molecule has 2 aliphatic rings. The smallest absolute Gasteiger partial charge is 0.223 e. The normalized spacial score (nSPS) is 38.1. The van der Waals surface area contributed by atoms with Gasteiger partial charge in [0.2, 0.25) is 5.91 Å². The van der Waals surface area contributed by atoms with Gasteiger partial charge in [0.1, 0.15) is 0 Å². The first-order valence-corrected chi connectivity index (χ1v) is 7.02. The fourth-order valence-corrected chi connectivity index (χ4v) is 3.09. The molecule has 0 bridgehead atoms. The maximum atomic E-state index is 11.9. The third kappa shape index (κ3) is 2.78. The topological polar surface area (TPSA) is 29.1 Å². The van der Waals surface area contributed by atoms with Gasteiger partial charge >= 0.3 is 0 Å². The molecule has 0 heterocycles. The zero-order valence-corrected chi connectivity index (χ0v) is 10.7. The molecule has 2 saturated carbocycles. The summed E-state index contributed by atoms with van der Waals surface area (Å²) in [5.74, 6) is 2.05. The monoisotopic (exact) mass is 223 g/mol. The Morgan fingerprint density at radius 1 is 1.31 bits per heavy atom. The van der Waals surface area contributed by atoms with Crippen molar-refractivity contribution < 1.29 is 4.79 Å². The quantitative estimate of drug-likeness (QED) is 0.779. The third-order valence-corrected chi connectivity index (χ3v) is 4.34. The highest BCUT2D eigenvalue weighted by Gasteiger charge is 2.40. The van der Waals surface area contributed by atoms with E-state index >= 15 is 0 Å². The van der Waals surface area contributed by atoms with Crippen molar-refractivity contribution in [2.24, 2.45) is 17.8 Å². The molecule has 0 spiro atoms. The van der Waals surface area contributed by atoms with Gasteiger partial charge in [0, 0.05) is 12.0 Å². The summed E-state index contributed by atoms with van der Waals surface area (Å²) in [5.41, 5.74) is 0. The Bertz CT molecular complexity index is 249. The van der Waals surface area contributed by atoms with E-state index in [9.17, 15) is 4.79 Å². The molecule has 2 aliphatic carbocycles. The minimum Gasteiger partial charge on any atom is -0.353 e. The van der Waals surface area contributed by atoms with Crippen LogP contribution in [0.15, 0.2) is 0 Å². The van der Waals surface area contributed by atoms with Gasteiger partial charge in [-0.05, 0) is 37.5 Å². The number of amides is 1. The van der Waals surface area contributed by atoms with E-state index < -0.39 is 0 Å². The first kappa shape index (κ1) is 11.9. The first-order chi connectivity index (χ1) is 7.72. The number of rotatable bonds is 4. The molecule has 0 saturated heterocycles. The molecule has 1 N–H and O–H groups in total. The summed E-state index contributed by atoms with van der Waals surface area (Å²) in [5, 5.41) is 3.31. The van der Waals surface area contributed by atoms with Crippen LogP contribution >= 0.6 is 0 Å². The van der Waals surface area contributed by atoms with E-state index in [-0.39, 0.29) is 0 Å². The maximum absolute atomic E-state index is 11.9. The SMILES string of the molecule is CCCC1CCCCC1NC(=O)C1CC1C. The molecule has 0 aliphatic heterocycles. The van der Waals surface area contributed by atoms with E-state index in [1.54, 1.807) is 0 Å². The molecule has 0 radical (unpaired) electrons. The molecule has 0 aromatic heterocycles. The van der Waals surface area contributed by atoms with Gasteiger partial charge in [-0.2, -0.15) is 0 Å². The van der Waals surface area contributed by atoms with Crippen LogP contribution in [0.4, 0.5) is 0 Å². The van der Waals surface area contributed by atoms with E-state index in [2.05, 4.69) is 19.2 Å². The van der Waals surface area contributed by atoms with Crippen LogP contribution in [0.3, 0.4) is 0 Å². The van der Waals surface area contributed by atoms with Crippen LogP contribution in [0.1, 0.15) is 58.8 Å². The van der Waals surface area contributed by atoms with Crippen LogP contribution in [0, 0.1) is 17.8 Å². The van der Waals surface area contributed by atoms with Crippen LogP contribution in [-0.4, -0.2) is 11.9 Å². The van der Waals surface area contributed by atoms with Crippen LogP contribution in [-0.2, 0) is 4.79 Å². The Morgan fingerprint density at radius 3 is 2.62 bits per heavy atom. The zero-order valence-electron chi connectivity index (χ0n) is 10.7. The molecule has 4 unspecified atom stereocenters. The molecule has 0 aromatic carbocycles. The molecular weight excluding hydrogens is 198 g/mol. The number of carbonyl (C=O) groups is 1. The van der Waals surface area contributed by atoms with Gasteiger partial charge < -0.3 is 5.32 Å². The fourth-order valence-electron chi connectivity index (χ4n) is 3.09. The summed E-state index contributed by atoms with van der Waals surface area (Å²) in [4.78, 5) is 11.9. The minimum absolute atomic E-state index is 0.334. The maximum Gasteiger partial charge on any atom is 0.223 e. The average Bonchev–Trinajstić information content (AvgIpc) is 2.99. The van der Waals surface area contributed by atoms with E-state index in [1.165, 1.54) is 38.5 Å². The summed E-state index contributed by atoms with van der Waals surface area (Å²) >= 11 is 0. The van der Waals surface area contributed by atoms with Crippen molar-refractivity contribution in [3.8, 4) is 0 Å². The van der Waals surface area contributed by atoms with E-state index in [0.717, 1.165) is 12.3 Å². The second kappa shape index (κ2) is 5.20. The van der Waals surface area contributed by atoms with Crippen LogP contribution in [0.25, 0.3) is 0 Å². The molecule has 0 aromatic rings. The van der Waals surface area contributed by atoms with Crippen molar-refractivity contribution in [3.63, 3.8) is 0 Å². The summed E-state index contributed by atoms with van der Waals surface area (Å²) < 4.78 is 0. The van der Waals surface area contributed by atoms with Crippen molar-refractivity contribution in [2.75, 3.05) is 0 Å². The molecule has 4 atom stereocenters. The summed E-state index contributed by atoms with van der Waals surface area (Å²) in [6, 6.07) is 0.481. The van der Waals surface area contributed by atoms with Crippen molar-refractivity contribution in [2.45, 2.75) is 64.8 Å². The van der Waals surface area contributed by atoms with E-state index in [0.29, 0.717) is 23.8 Å². The number of nitrogens with one attached hydrogen (secondary N) is 1. The van der Waals surface area contributed by atoms with Gasteiger partial charge in [0.05, 0.1) is 0 Å². The summed E-state index contributed by atoms with van der Waals surface area (Å²) in [6.07, 6.45) is 8.82. The van der Waals surface area contributed by atoms with Gasteiger partial charge in [-0.15, -0.1) is 0 Å². The lowest BCUT2D eigenvalue weighted by Crippen LogP contribution is -2.42. The number of hydrogen-bond donors (Lipinski definition) is 1. The van der Waals surface area contributed by atoms with Gasteiger partial charge in [-0.3, -0.25) is 4.79 Å². The predicted octanol–water partition coefficient (Wildman–Crippen LogP) is 3.12. The third-order valence-electron chi connectivity index (χ3n) is 4.34. The number of hydrogen-bond acceptors (Lipinski definition) is 1. The van der Waals surface area contributed by atoms with E-state index in [1.807, 2.05) is 0 Å². The molecule has 16 heavy (non-hydrogen) atoms. The summed E-state index contributed by atoms with van der Waals surface area (Å²) in [6.45, 7) is 4.42. The molecular formula is C14H25NO. The van der Waals surface area contributed by atoms with Gasteiger partial charge in [-0.1, -0.05) is 33.1 Å². The second-order valence-corrected chi connectivity index (χ2v) is 5.77. The Kier molecular flexibility index (Phi) is 3.88. The van der Waals surface area contributed by atoms with Crippen molar-refractivity contribution in [3.05, 3.63) is 0 Å². The van der Waals surface area contributed by atoms with Crippen molar-refractivity contribution in [1.29, 1.82) is 0 Å². The Morgan fingerprint density at radius 2 is 2.00 bits per heavy atom. The van der Waals surface area contributed by atoms with Crippen LogP contribution < -0.4 is 5.32 Å². The van der Waals surface area contributed by atoms with Crippen LogP contribution in [0.2, 0.25) is 0 Å². The molecule has 2 rings (SSSR count). The van der Waals surface area contributed by atoms with Gasteiger partial charge in [-0.25, -0.2) is 0 Å². The molecule has 92 valence electrons. The molecule has 1 amide bonds. The number of carbonyl (C=O) groups excluding carboxylic acids is 1. The zero-order chi connectivity index (χ0) is 11.5. The molecule has 2 nitrogen and oxygen atoms in total. The van der Waals surface area contributed by atoms with Gasteiger partial charge in [0.25, 0.3) is 0 Å². The Labute approximate surface area is 99.2 Å². The molecule has 2 heteroatoms. The lowest BCUT2D eigenvalue weighted by atomic mass is 9.82. The average molecular weight is 223 g/mol. The van der Waals surface area contributed by atoms with Crippen molar-refractivity contribution >= 4 is 5.91 Å². The second-order valence-electron chi connectivity index (χ2n) is 5.77. The van der Waals surface area contributed by atoms with Crippen molar-refractivity contribution in [1.82, 2.24) is 5.32 Å². The lowest BCUT2D eigenvalue weighted by Gasteiger charge is -2.32.